The molecule has 1 aromatic heterocycles. The normalized spacial score (nSPS) is 20.5. The second-order valence-corrected chi connectivity index (χ2v) is 8.79. The van der Waals surface area contributed by atoms with Crippen molar-refractivity contribution in [2.75, 3.05) is 0 Å². The third-order valence-corrected chi connectivity index (χ3v) is 6.89. The molecule has 2 atom stereocenters. The van der Waals surface area contributed by atoms with E-state index in [2.05, 4.69) is 19.9 Å². The minimum absolute atomic E-state index is 0.335. The quantitative estimate of drug-likeness (QED) is 0.673. The SMILES string of the molecule is Cc1ccc(S(=O)(=O)n2ccc3ccc4c(c32)[C@@H](C)C[C@H]4C)cc1. The van der Waals surface area contributed by atoms with Crippen LogP contribution in [0, 0.1) is 6.92 Å². The van der Waals surface area contributed by atoms with Crippen molar-refractivity contribution in [3.8, 4) is 0 Å². The maximum atomic E-state index is 13.2. The molecule has 0 saturated heterocycles. The Hall–Kier alpha value is -2.07. The van der Waals surface area contributed by atoms with Crippen LogP contribution in [0.1, 0.15) is 48.8 Å². The molecule has 1 aliphatic rings. The van der Waals surface area contributed by atoms with Crippen LogP contribution < -0.4 is 0 Å². The third kappa shape index (κ3) is 2.13. The standard InChI is InChI=1S/C20H21NO2S/c1-13-4-7-17(8-5-13)24(22,23)21-11-10-16-6-9-18-14(2)12-15(3)19(18)20(16)21/h4-11,14-15H,12H2,1-3H3/t14-,15+/m1/s1. The second kappa shape index (κ2) is 5.21. The molecule has 4 heteroatoms. The zero-order valence-electron chi connectivity index (χ0n) is 14.2. The largest absolute Gasteiger partial charge is 0.268 e. The Morgan fingerprint density at radius 2 is 1.67 bits per heavy atom. The van der Waals surface area contributed by atoms with Crippen molar-refractivity contribution in [1.82, 2.24) is 3.97 Å². The van der Waals surface area contributed by atoms with E-state index < -0.39 is 10.0 Å². The fourth-order valence-electron chi connectivity index (χ4n) is 3.99. The Bertz CT molecular complexity index is 1030. The van der Waals surface area contributed by atoms with E-state index in [1.165, 1.54) is 15.1 Å². The van der Waals surface area contributed by atoms with Gasteiger partial charge in [0.2, 0.25) is 0 Å². The van der Waals surface area contributed by atoms with Gasteiger partial charge in [0.15, 0.2) is 0 Å². The van der Waals surface area contributed by atoms with Crippen molar-refractivity contribution in [3.63, 3.8) is 0 Å². The molecule has 0 fully saturated rings. The zero-order chi connectivity index (χ0) is 17.1. The Balaban J connectivity index is 2.00. The number of hydrogen-bond donors (Lipinski definition) is 0. The first-order valence-electron chi connectivity index (χ1n) is 8.35. The molecule has 0 bridgehead atoms. The first kappa shape index (κ1) is 15.5. The van der Waals surface area contributed by atoms with Gasteiger partial charge < -0.3 is 0 Å². The summed E-state index contributed by atoms with van der Waals surface area (Å²) < 4.78 is 27.8. The summed E-state index contributed by atoms with van der Waals surface area (Å²) in [5, 5.41) is 0.991. The van der Waals surface area contributed by atoms with Gasteiger partial charge in [0.05, 0.1) is 10.4 Å². The number of rotatable bonds is 2. The number of aromatic nitrogens is 1. The second-order valence-electron chi connectivity index (χ2n) is 6.97. The highest BCUT2D eigenvalue weighted by molar-refractivity contribution is 7.90. The summed E-state index contributed by atoms with van der Waals surface area (Å²) in [6, 6.07) is 13.2. The molecule has 0 saturated carbocycles. The molecule has 124 valence electrons. The smallest absolute Gasteiger partial charge is 0.241 e. The van der Waals surface area contributed by atoms with Crippen LogP contribution in [0.5, 0.6) is 0 Å². The van der Waals surface area contributed by atoms with Gasteiger partial charge >= 0.3 is 0 Å². The Labute approximate surface area is 143 Å². The predicted molar refractivity (Wildman–Crippen MR) is 97.1 cm³/mol. The molecule has 0 spiro atoms. The fraction of sp³-hybridized carbons (Fsp3) is 0.300. The molecule has 1 aliphatic carbocycles. The van der Waals surface area contributed by atoms with E-state index in [0.717, 1.165) is 22.9 Å². The van der Waals surface area contributed by atoms with Crippen LogP contribution in [0.4, 0.5) is 0 Å². The molecule has 0 aliphatic heterocycles. The summed E-state index contributed by atoms with van der Waals surface area (Å²) >= 11 is 0. The van der Waals surface area contributed by atoms with Gasteiger partial charge in [-0.15, -0.1) is 0 Å². The molecule has 0 N–H and O–H groups in total. The molecule has 2 aromatic carbocycles. The predicted octanol–water partition coefficient (Wildman–Crippen LogP) is 4.80. The topological polar surface area (TPSA) is 39.1 Å². The van der Waals surface area contributed by atoms with Crippen LogP contribution >= 0.6 is 0 Å². The summed E-state index contributed by atoms with van der Waals surface area (Å²) in [5.41, 5.74) is 4.38. The van der Waals surface area contributed by atoms with Gasteiger partial charge in [0.25, 0.3) is 10.0 Å². The number of aryl methyl sites for hydroxylation is 1. The van der Waals surface area contributed by atoms with E-state index in [-0.39, 0.29) is 0 Å². The molecule has 0 amide bonds. The monoisotopic (exact) mass is 339 g/mol. The fourth-order valence-corrected chi connectivity index (χ4v) is 5.36. The molecular formula is C20H21NO2S. The summed E-state index contributed by atoms with van der Waals surface area (Å²) in [7, 11) is -3.58. The lowest BCUT2D eigenvalue weighted by Crippen LogP contribution is -2.13. The summed E-state index contributed by atoms with van der Waals surface area (Å²) in [6.07, 6.45) is 2.76. The van der Waals surface area contributed by atoms with Crippen LogP contribution in [-0.4, -0.2) is 12.4 Å². The lowest BCUT2D eigenvalue weighted by molar-refractivity contribution is 0.589. The van der Waals surface area contributed by atoms with E-state index in [9.17, 15) is 8.42 Å². The van der Waals surface area contributed by atoms with E-state index in [1.807, 2.05) is 31.2 Å². The number of hydrogen-bond acceptors (Lipinski definition) is 2. The van der Waals surface area contributed by atoms with E-state index in [1.54, 1.807) is 18.3 Å². The van der Waals surface area contributed by atoms with Crippen LogP contribution in [0.15, 0.2) is 53.6 Å². The van der Waals surface area contributed by atoms with Crippen LogP contribution in [-0.2, 0) is 10.0 Å². The maximum absolute atomic E-state index is 13.2. The van der Waals surface area contributed by atoms with Gasteiger partial charge in [-0.05, 0) is 54.5 Å². The van der Waals surface area contributed by atoms with Crippen molar-refractivity contribution in [3.05, 3.63) is 65.4 Å². The minimum Gasteiger partial charge on any atom is -0.241 e. The van der Waals surface area contributed by atoms with Gasteiger partial charge in [-0.25, -0.2) is 12.4 Å². The average Bonchev–Trinajstić information content (AvgIpc) is 3.09. The van der Waals surface area contributed by atoms with Gasteiger partial charge in [-0.2, -0.15) is 0 Å². The van der Waals surface area contributed by atoms with Crippen molar-refractivity contribution in [2.24, 2.45) is 0 Å². The lowest BCUT2D eigenvalue weighted by Gasteiger charge is -2.13. The van der Waals surface area contributed by atoms with Crippen LogP contribution in [0.3, 0.4) is 0 Å². The number of fused-ring (bicyclic) bond motifs is 3. The maximum Gasteiger partial charge on any atom is 0.268 e. The highest BCUT2D eigenvalue weighted by Crippen LogP contribution is 2.45. The number of nitrogens with zero attached hydrogens (tertiary/aromatic N) is 1. The molecule has 3 nitrogen and oxygen atoms in total. The molecule has 3 aromatic rings. The number of benzene rings is 2. The van der Waals surface area contributed by atoms with Crippen molar-refractivity contribution < 1.29 is 8.42 Å². The van der Waals surface area contributed by atoms with Crippen molar-refractivity contribution >= 4 is 20.9 Å². The highest BCUT2D eigenvalue weighted by atomic mass is 32.2. The minimum atomic E-state index is -3.58. The third-order valence-electron chi connectivity index (χ3n) is 5.20. The Kier molecular flexibility index (Phi) is 3.36. The van der Waals surface area contributed by atoms with Gasteiger partial charge in [-0.3, -0.25) is 0 Å². The van der Waals surface area contributed by atoms with Crippen molar-refractivity contribution in [1.29, 1.82) is 0 Å². The Morgan fingerprint density at radius 1 is 0.958 bits per heavy atom. The Morgan fingerprint density at radius 3 is 2.38 bits per heavy atom. The van der Waals surface area contributed by atoms with Gasteiger partial charge in [-0.1, -0.05) is 43.7 Å². The van der Waals surface area contributed by atoms with Gasteiger partial charge in [0, 0.05) is 11.6 Å². The summed E-state index contributed by atoms with van der Waals surface area (Å²) in [4.78, 5) is 0.335. The molecule has 1 heterocycles. The first-order chi connectivity index (χ1) is 11.4. The zero-order valence-corrected chi connectivity index (χ0v) is 15.0. The molecule has 0 radical (unpaired) electrons. The molecule has 0 unspecified atom stereocenters. The molecular weight excluding hydrogens is 318 g/mol. The van der Waals surface area contributed by atoms with E-state index >= 15 is 0 Å². The average molecular weight is 339 g/mol. The summed E-state index contributed by atoms with van der Waals surface area (Å²) in [5.74, 6) is 0.852. The molecule has 4 rings (SSSR count). The van der Waals surface area contributed by atoms with Gasteiger partial charge in [0.1, 0.15) is 0 Å². The molecule has 24 heavy (non-hydrogen) atoms. The lowest BCUT2D eigenvalue weighted by atomic mass is 10.0. The van der Waals surface area contributed by atoms with Crippen LogP contribution in [0.25, 0.3) is 10.9 Å². The first-order valence-corrected chi connectivity index (χ1v) is 9.79. The van der Waals surface area contributed by atoms with Crippen molar-refractivity contribution in [2.45, 2.75) is 43.9 Å². The highest BCUT2D eigenvalue weighted by Gasteiger charge is 2.30. The van der Waals surface area contributed by atoms with Crippen LogP contribution in [0.2, 0.25) is 0 Å². The summed E-state index contributed by atoms with van der Waals surface area (Å²) in [6.45, 7) is 6.37. The van der Waals surface area contributed by atoms with E-state index in [4.69, 9.17) is 0 Å². The van der Waals surface area contributed by atoms with E-state index in [0.29, 0.717) is 16.7 Å².